The van der Waals surface area contributed by atoms with Crippen molar-refractivity contribution in [2.75, 3.05) is 6.61 Å². The summed E-state index contributed by atoms with van der Waals surface area (Å²) in [5, 5.41) is 0. The van der Waals surface area contributed by atoms with E-state index in [1.807, 2.05) is 31.2 Å². The zero-order chi connectivity index (χ0) is 16.5. The monoisotopic (exact) mass is 300 g/mol. The number of ketones is 1. The van der Waals surface area contributed by atoms with Crippen LogP contribution in [0.15, 0.2) is 59.8 Å². The predicted octanol–water partition coefficient (Wildman–Crippen LogP) is 4.09. The fraction of sp³-hybridized carbons (Fsp3) is 0.368. The first kappa shape index (κ1) is 17.9. The van der Waals surface area contributed by atoms with E-state index in [0.29, 0.717) is 17.9 Å². The number of carbonyl (C=O) groups excluding carboxylic acids is 2. The Morgan fingerprint density at radius 1 is 1.41 bits per heavy atom. The van der Waals surface area contributed by atoms with Crippen molar-refractivity contribution in [2.45, 2.75) is 33.6 Å². The van der Waals surface area contributed by atoms with Crippen LogP contribution in [-0.2, 0) is 14.3 Å². The number of Topliss-reactive ketones (excluding diaryl/α,β-unsaturated/α-hetero) is 1. The van der Waals surface area contributed by atoms with E-state index in [-0.39, 0.29) is 12.4 Å². The van der Waals surface area contributed by atoms with Gasteiger partial charge in [0.15, 0.2) is 12.4 Å². The van der Waals surface area contributed by atoms with Gasteiger partial charge in [-0.3, -0.25) is 9.59 Å². The van der Waals surface area contributed by atoms with Crippen molar-refractivity contribution in [2.24, 2.45) is 5.92 Å². The first-order chi connectivity index (χ1) is 10.5. The number of hydrogen-bond acceptors (Lipinski definition) is 3. The van der Waals surface area contributed by atoms with Crippen LogP contribution in [0.5, 0.6) is 0 Å². The summed E-state index contributed by atoms with van der Waals surface area (Å²) in [6.45, 7) is 8.83. The second kappa shape index (κ2) is 8.98. The van der Waals surface area contributed by atoms with Crippen molar-refractivity contribution < 1.29 is 14.3 Å². The maximum Gasteiger partial charge on any atom is 0.303 e. The number of allylic oxidation sites excluding steroid dienone is 8. The SMILES string of the molecule is C=C/C=C\C=C1\C/C(C(=O)COC(C)=O)=C(/C)C=CCC1C. The topological polar surface area (TPSA) is 43.4 Å². The minimum absolute atomic E-state index is 0.134. The number of hydrogen-bond donors (Lipinski definition) is 0. The van der Waals surface area contributed by atoms with Crippen molar-refractivity contribution in [1.29, 1.82) is 0 Å². The van der Waals surface area contributed by atoms with E-state index in [2.05, 4.69) is 19.6 Å². The molecule has 0 fully saturated rings. The Morgan fingerprint density at radius 2 is 2.14 bits per heavy atom. The molecule has 1 unspecified atom stereocenters. The van der Waals surface area contributed by atoms with E-state index >= 15 is 0 Å². The van der Waals surface area contributed by atoms with Crippen molar-refractivity contribution in [3.63, 3.8) is 0 Å². The van der Waals surface area contributed by atoms with Gasteiger partial charge in [-0.05, 0) is 31.3 Å². The molecule has 0 aromatic rings. The highest BCUT2D eigenvalue weighted by Gasteiger charge is 2.19. The lowest BCUT2D eigenvalue weighted by Crippen LogP contribution is -2.17. The van der Waals surface area contributed by atoms with Gasteiger partial charge in [-0.2, -0.15) is 0 Å². The van der Waals surface area contributed by atoms with Gasteiger partial charge < -0.3 is 4.74 Å². The van der Waals surface area contributed by atoms with Gasteiger partial charge in [0.05, 0.1) is 0 Å². The molecule has 1 rings (SSSR count). The van der Waals surface area contributed by atoms with Crippen LogP contribution in [0.25, 0.3) is 0 Å². The number of esters is 1. The van der Waals surface area contributed by atoms with Gasteiger partial charge in [0.2, 0.25) is 0 Å². The van der Waals surface area contributed by atoms with Crippen LogP contribution in [0, 0.1) is 5.92 Å². The summed E-state index contributed by atoms with van der Waals surface area (Å²) in [6, 6.07) is 0. The van der Waals surface area contributed by atoms with E-state index < -0.39 is 5.97 Å². The van der Waals surface area contributed by atoms with Gasteiger partial charge >= 0.3 is 5.97 Å². The van der Waals surface area contributed by atoms with Crippen LogP contribution in [0.1, 0.15) is 33.6 Å². The molecule has 0 spiro atoms. The quantitative estimate of drug-likeness (QED) is 0.567. The standard InChI is InChI=1S/C19H24O3/c1-5-6-7-11-17-12-18(19(21)13-22-16(4)20)15(3)10-8-9-14(17)2/h5-8,10-11,14H,1,9,12-13H2,2-4H3/b7-6-,10-8?,17-11-,18-15+. The van der Waals surface area contributed by atoms with Crippen molar-refractivity contribution in [3.05, 3.63) is 59.8 Å². The Bertz CT molecular complexity index is 559. The molecule has 0 saturated heterocycles. The molecule has 0 aromatic heterocycles. The molecule has 118 valence electrons. The average molecular weight is 300 g/mol. The molecule has 1 atom stereocenters. The minimum atomic E-state index is -0.439. The van der Waals surface area contributed by atoms with Crippen LogP contribution < -0.4 is 0 Å². The van der Waals surface area contributed by atoms with Crippen LogP contribution in [0.3, 0.4) is 0 Å². The molecule has 3 nitrogen and oxygen atoms in total. The summed E-state index contributed by atoms with van der Waals surface area (Å²) < 4.78 is 4.84. The smallest absolute Gasteiger partial charge is 0.303 e. The normalized spacial score (nSPS) is 24.1. The summed E-state index contributed by atoms with van der Waals surface area (Å²) in [6.07, 6.45) is 13.2. The van der Waals surface area contributed by atoms with Gasteiger partial charge in [0.25, 0.3) is 0 Å². The van der Waals surface area contributed by atoms with Gasteiger partial charge in [-0.25, -0.2) is 0 Å². The molecule has 0 bridgehead atoms. The molecule has 1 aliphatic carbocycles. The van der Waals surface area contributed by atoms with Gasteiger partial charge in [0.1, 0.15) is 0 Å². The number of ether oxygens (including phenoxy) is 1. The van der Waals surface area contributed by atoms with E-state index in [0.717, 1.165) is 12.0 Å². The summed E-state index contributed by atoms with van der Waals surface area (Å²) in [5.41, 5.74) is 2.83. The largest absolute Gasteiger partial charge is 0.457 e. The third-order valence-electron chi connectivity index (χ3n) is 3.65. The molecular formula is C19H24O3. The fourth-order valence-corrected chi connectivity index (χ4v) is 2.27. The first-order valence-corrected chi connectivity index (χ1v) is 7.46. The maximum absolute atomic E-state index is 12.3. The summed E-state index contributed by atoms with van der Waals surface area (Å²) in [7, 11) is 0. The lowest BCUT2D eigenvalue weighted by atomic mass is 9.86. The molecule has 22 heavy (non-hydrogen) atoms. The van der Waals surface area contributed by atoms with Crippen molar-refractivity contribution in [1.82, 2.24) is 0 Å². The average Bonchev–Trinajstić information content (AvgIpc) is 2.46. The maximum atomic E-state index is 12.3. The highest BCUT2D eigenvalue weighted by Crippen LogP contribution is 2.28. The fourth-order valence-electron chi connectivity index (χ4n) is 2.27. The molecule has 0 aromatic carbocycles. The van der Waals surface area contributed by atoms with E-state index in [1.165, 1.54) is 12.5 Å². The Labute approximate surface area is 132 Å². The van der Waals surface area contributed by atoms with Gasteiger partial charge in [0, 0.05) is 12.5 Å². The zero-order valence-electron chi connectivity index (χ0n) is 13.6. The predicted molar refractivity (Wildman–Crippen MR) is 89.3 cm³/mol. The highest BCUT2D eigenvalue weighted by atomic mass is 16.5. The van der Waals surface area contributed by atoms with Crippen molar-refractivity contribution in [3.8, 4) is 0 Å². The third-order valence-corrected chi connectivity index (χ3v) is 3.65. The second-order valence-electron chi connectivity index (χ2n) is 5.44. The van der Waals surface area contributed by atoms with Gasteiger partial charge in [-0.15, -0.1) is 0 Å². The molecule has 1 aliphatic rings. The minimum Gasteiger partial charge on any atom is -0.457 e. The highest BCUT2D eigenvalue weighted by molar-refractivity contribution is 5.98. The third kappa shape index (κ3) is 5.68. The molecule has 0 radical (unpaired) electrons. The Balaban J connectivity index is 3.04. The molecule has 0 aliphatic heterocycles. The zero-order valence-corrected chi connectivity index (χ0v) is 13.6. The van der Waals surface area contributed by atoms with Gasteiger partial charge in [-0.1, -0.05) is 55.5 Å². The molecule has 0 N–H and O–H groups in total. The molecular weight excluding hydrogens is 276 g/mol. The van der Waals surface area contributed by atoms with E-state index in [1.54, 1.807) is 6.08 Å². The second-order valence-corrected chi connectivity index (χ2v) is 5.44. The van der Waals surface area contributed by atoms with E-state index in [4.69, 9.17) is 4.74 Å². The number of carbonyl (C=O) groups is 2. The lowest BCUT2D eigenvalue weighted by molar-refractivity contribution is -0.144. The summed E-state index contributed by atoms with van der Waals surface area (Å²) in [5.74, 6) is -0.216. The first-order valence-electron chi connectivity index (χ1n) is 7.46. The van der Waals surface area contributed by atoms with Crippen LogP contribution in [-0.4, -0.2) is 18.4 Å². The molecule has 0 heterocycles. The lowest BCUT2D eigenvalue weighted by Gasteiger charge is -2.19. The van der Waals surface area contributed by atoms with Crippen molar-refractivity contribution >= 4 is 11.8 Å². The Kier molecular flexibility index (Phi) is 7.30. The molecule has 0 amide bonds. The van der Waals surface area contributed by atoms with Crippen LogP contribution in [0.2, 0.25) is 0 Å². The van der Waals surface area contributed by atoms with Crippen LogP contribution in [0.4, 0.5) is 0 Å². The summed E-state index contributed by atoms with van der Waals surface area (Å²) in [4.78, 5) is 23.2. The number of rotatable bonds is 5. The molecule has 3 heteroatoms. The van der Waals surface area contributed by atoms with Crippen LogP contribution >= 0.6 is 0 Å². The Morgan fingerprint density at radius 3 is 2.77 bits per heavy atom. The molecule has 0 saturated carbocycles. The van der Waals surface area contributed by atoms with E-state index in [9.17, 15) is 9.59 Å². The summed E-state index contributed by atoms with van der Waals surface area (Å²) >= 11 is 0. The Hall–Kier alpha value is -2.16.